The van der Waals surface area contributed by atoms with Crippen molar-refractivity contribution in [1.82, 2.24) is 0 Å². The fourth-order valence-electron chi connectivity index (χ4n) is 2.73. The molecule has 1 aromatic carbocycles. The molecule has 0 bridgehead atoms. The van der Waals surface area contributed by atoms with Gasteiger partial charge in [0, 0.05) is 5.92 Å². The third-order valence-electron chi connectivity index (χ3n) is 4.21. The van der Waals surface area contributed by atoms with E-state index in [1.54, 1.807) is 6.92 Å². The van der Waals surface area contributed by atoms with Gasteiger partial charge in [0.2, 0.25) is 0 Å². The van der Waals surface area contributed by atoms with Gasteiger partial charge >= 0.3 is 15.6 Å². The Bertz CT molecular complexity index is 686. The van der Waals surface area contributed by atoms with Gasteiger partial charge in [0.05, 0.1) is 12.2 Å². The molecule has 25 heavy (non-hydrogen) atoms. The SMILES string of the molecule is CC[C@H]1O[C@H](c2ccc(OS(=O)(=O)C(F)(F)F)cc2)[C@@H](O)[C@@H](O)[C@@H]1C. The van der Waals surface area contributed by atoms with Gasteiger partial charge in [0.25, 0.3) is 0 Å². The minimum absolute atomic E-state index is 0.282. The molecule has 0 unspecified atom stereocenters. The lowest BCUT2D eigenvalue weighted by atomic mass is 9.85. The van der Waals surface area contributed by atoms with Gasteiger partial charge in [-0.15, -0.1) is 0 Å². The zero-order chi connectivity index (χ0) is 19.0. The molecule has 0 radical (unpaired) electrons. The van der Waals surface area contributed by atoms with Crippen LogP contribution in [0.3, 0.4) is 0 Å². The zero-order valence-electron chi connectivity index (χ0n) is 13.5. The van der Waals surface area contributed by atoms with E-state index in [1.165, 1.54) is 12.1 Å². The van der Waals surface area contributed by atoms with Crippen molar-refractivity contribution in [2.45, 2.75) is 50.2 Å². The monoisotopic (exact) mass is 384 g/mol. The quantitative estimate of drug-likeness (QED) is 0.610. The first-order valence-corrected chi connectivity index (χ1v) is 9.01. The molecule has 1 saturated heterocycles. The fraction of sp³-hybridized carbons (Fsp3) is 0.600. The van der Waals surface area contributed by atoms with Crippen LogP contribution in [0.5, 0.6) is 5.75 Å². The van der Waals surface area contributed by atoms with Crippen LogP contribution in [-0.4, -0.2) is 42.5 Å². The number of hydrogen-bond donors (Lipinski definition) is 2. The predicted octanol–water partition coefficient (Wildman–Crippen LogP) is 2.12. The first kappa shape index (κ1) is 20.0. The molecular weight excluding hydrogens is 365 g/mol. The van der Waals surface area contributed by atoms with E-state index in [0.29, 0.717) is 12.0 Å². The van der Waals surface area contributed by atoms with Crippen LogP contribution < -0.4 is 4.18 Å². The van der Waals surface area contributed by atoms with Gasteiger partial charge in [0.1, 0.15) is 18.0 Å². The molecule has 2 N–H and O–H groups in total. The highest BCUT2D eigenvalue weighted by Crippen LogP contribution is 2.37. The minimum atomic E-state index is -5.75. The lowest BCUT2D eigenvalue weighted by Gasteiger charge is -2.41. The second-order valence-corrected chi connectivity index (χ2v) is 7.43. The van der Waals surface area contributed by atoms with Gasteiger partial charge in [0.15, 0.2) is 0 Å². The zero-order valence-corrected chi connectivity index (χ0v) is 14.3. The largest absolute Gasteiger partial charge is 0.534 e. The molecule has 1 aromatic rings. The van der Waals surface area contributed by atoms with Crippen LogP contribution in [0.15, 0.2) is 24.3 Å². The number of aliphatic hydroxyl groups excluding tert-OH is 2. The van der Waals surface area contributed by atoms with E-state index in [0.717, 1.165) is 12.1 Å². The Labute approximate surface area is 143 Å². The summed E-state index contributed by atoms with van der Waals surface area (Å²) in [7, 11) is -5.75. The highest BCUT2D eigenvalue weighted by molar-refractivity contribution is 7.87. The molecule has 2 rings (SSSR count). The number of aliphatic hydroxyl groups is 2. The summed E-state index contributed by atoms with van der Waals surface area (Å²) in [5.74, 6) is -0.803. The van der Waals surface area contributed by atoms with Crippen LogP contribution in [0.1, 0.15) is 31.9 Å². The molecule has 0 aliphatic carbocycles. The van der Waals surface area contributed by atoms with E-state index in [2.05, 4.69) is 4.18 Å². The number of hydrogen-bond acceptors (Lipinski definition) is 6. The molecule has 142 valence electrons. The summed E-state index contributed by atoms with van der Waals surface area (Å²) < 4.78 is 68.7. The predicted molar refractivity (Wildman–Crippen MR) is 81.1 cm³/mol. The Morgan fingerprint density at radius 2 is 1.72 bits per heavy atom. The molecule has 1 aliphatic rings. The Hall–Kier alpha value is -1.36. The maximum Gasteiger partial charge on any atom is 0.534 e. The van der Waals surface area contributed by atoms with Crippen molar-refractivity contribution in [2.75, 3.05) is 0 Å². The number of rotatable bonds is 4. The topological polar surface area (TPSA) is 93.1 Å². The molecule has 6 nitrogen and oxygen atoms in total. The molecule has 0 saturated carbocycles. The molecule has 1 fully saturated rings. The van der Waals surface area contributed by atoms with E-state index in [4.69, 9.17) is 4.74 Å². The normalized spacial score (nSPS) is 30.9. The summed E-state index contributed by atoms with van der Waals surface area (Å²) in [4.78, 5) is 0. The van der Waals surface area contributed by atoms with E-state index in [9.17, 15) is 31.8 Å². The standard InChI is InChI=1S/C15H19F3O6S/c1-3-11-8(2)12(19)13(20)14(23-11)9-4-6-10(7-5-9)24-25(21,22)15(16,17)18/h4-8,11-14,19-20H,3H2,1-2H3/t8-,11-,12+,13+,14-/m1/s1. The lowest BCUT2D eigenvalue weighted by Crippen LogP contribution is -2.49. The van der Waals surface area contributed by atoms with Crippen molar-refractivity contribution in [2.24, 2.45) is 5.92 Å². The Balaban J connectivity index is 2.19. The second kappa shape index (κ2) is 7.10. The highest BCUT2D eigenvalue weighted by atomic mass is 32.2. The molecule has 0 amide bonds. The maximum atomic E-state index is 12.3. The lowest BCUT2D eigenvalue weighted by molar-refractivity contribution is -0.199. The summed E-state index contributed by atoms with van der Waals surface area (Å²) in [6.07, 6.45) is -2.82. The summed E-state index contributed by atoms with van der Waals surface area (Å²) in [6, 6.07) is 4.62. The molecule has 0 spiro atoms. The molecule has 1 aliphatic heterocycles. The van der Waals surface area contributed by atoms with Crippen LogP contribution in [0.25, 0.3) is 0 Å². The minimum Gasteiger partial charge on any atom is -0.390 e. The van der Waals surface area contributed by atoms with Gasteiger partial charge in [-0.25, -0.2) is 0 Å². The molecule has 0 aromatic heterocycles. The first-order valence-electron chi connectivity index (χ1n) is 7.60. The molecule has 5 atom stereocenters. The van der Waals surface area contributed by atoms with Crippen LogP contribution in [0, 0.1) is 5.92 Å². The molecular formula is C15H19F3O6S. The van der Waals surface area contributed by atoms with E-state index >= 15 is 0 Å². The van der Waals surface area contributed by atoms with Crippen molar-refractivity contribution in [3.05, 3.63) is 29.8 Å². The first-order chi connectivity index (χ1) is 11.5. The Kier molecular flexibility index (Phi) is 5.67. The van der Waals surface area contributed by atoms with E-state index in [-0.39, 0.29) is 12.0 Å². The second-order valence-electron chi connectivity index (χ2n) is 5.90. The average Bonchev–Trinajstić information content (AvgIpc) is 2.53. The highest BCUT2D eigenvalue weighted by Gasteiger charge is 2.48. The summed E-state index contributed by atoms with van der Waals surface area (Å²) in [5, 5.41) is 20.3. The summed E-state index contributed by atoms with van der Waals surface area (Å²) in [6.45, 7) is 3.61. The third-order valence-corrected chi connectivity index (χ3v) is 5.19. The smallest absolute Gasteiger partial charge is 0.390 e. The van der Waals surface area contributed by atoms with E-state index < -0.39 is 39.7 Å². The van der Waals surface area contributed by atoms with Gasteiger partial charge in [-0.05, 0) is 24.1 Å². The molecule has 1 heterocycles. The van der Waals surface area contributed by atoms with Crippen LogP contribution in [0.4, 0.5) is 13.2 Å². The average molecular weight is 384 g/mol. The van der Waals surface area contributed by atoms with E-state index in [1.807, 2.05) is 6.92 Å². The number of benzene rings is 1. The number of alkyl halides is 3. The Morgan fingerprint density at radius 1 is 1.16 bits per heavy atom. The van der Waals surface area contributed by atoms with Crippen molar-refractivity contribution in [3.63, 3.8) is 0 Å². The van der Waals surface area contributed by atoms with Gasteiger partial charge < -0.3 is 19.1 Å². The number of ether oxygens (including phenoxy) is 1. The Morgan fingerprint density at radius 3 is 2.20 bits per heavy atom. The van der Waals surface area contributed by atoms with Gasteiger partial charge in [-0.3, -0.25) is 0 Å². The summed E-state index contributed by atoms with van der Waals surface area (Å²) >= 11 is 0. The van der Waals surface area contributed by atoms with Crippen molar-refractivity contribution in [3.8, 4) is 5.75 Å². The molecule has 10 heteroatoms. The summed E-state index contributed by atoms with van der Waals surface area (Å²) in [5.41, 5.74) is -5.14. The van der Waals surface area contributed by atoms with Crippen molar-refractivity contribution < 1.29 is 40.7 Å². The fourth-order valence-corrected chi connectivity index (χ4v) is 3.19. The third kappa shape index (κ3) is 4.08. The van der Waals surface area contributed by atoms with Crippen molar-refractivity contribution >= 4 is 10.1 Å². The van der Waals surface area contributed by atoms with Gasteiger partial charge in [-0.2, -0.15) is 21.6 Å². The maximum absolute atomic E-state index is 12.3. The van der Waals surface area contributed by atoms with Crippen LogP contribution >= 0.6 is 0 Å². The van der Waals surface area contributed by atoms with Crippen molar-refractivity contribution in [1.29, 1.82) is 0 Å². The van der Waals surface area contributed by atoms with Gasteiger partial charge in [-0.1, -0.05) is 26.0 Å². The number of halogens is 3. The van der Waals surface area contributed by atoms with Crippen LogP contribution in [0.2, 0.25) is 0 Å². The van der Waals surface area contributed by atoms with Crippen LogP contribution in [-0.2, 0) is 14.9 Å².